The monoisotopic (exact) mass is 1030 g/mol. The van der Waals surface area contributed by atoms with Crippen molar-refractivity contribution in [1.82, 2.24) is 60.1 Å². The van der Waals surface area contributed by atoms with Crippen LogP contribution in [0.5, 0.6) is 0 Å². The van der Waals surface area contributed by atoms with Gasteiger partial charge in [-0.15, -0.1) is 0 Å². The molecular weight excluding hydrogens is 976 g/mol. The van der Waals surface area contributed by atoms with Gasteiger partial charge in [-0.25, -0.2) is 38.3 Å². The molecule has 70 heavy (non-hydrogen) atoms. The summed E-state index contributed by atoms with van der Waals surface area (Å²) in [6.45, 7) is 18.2. The fraction of sp³-hybridized carbons (Fsp3) is 0.409. The van der Waals surface area contributed by atoms with Gasteiger partial charge in [0.05, 0.1) is 50.6 Å². The van der Waals surface area contributed by atoms with Crippen LogP contribution < -0.4 is 26.7 Å². The Morgan fingerprint density at radius 3 is 1.60 bits per heavy atom. The normalized spacial score (nSPS) is 13.8. The summed E-state index contributed by atoms with van der Waals surface area (Å²) in [5.41, 5.74) is 0.255. The SMILES string of the molecule is CC(C)(C)OC(=O)NCc1ccc(B2OC(C)(C)C(C)(C)O2)c(F)c1Cl.Cn1cc(Nc2ncnc(-c3ccc(CNC(=O)OC(C)(C)C)c(Cl)c3F)n2)cn1.Cn1cc(Nc2ncnc(Cl)n2)cn1. The number of carbonyl (C=O) groups is 2. The van der Waals surface area contributed by atoms with Gasteiger partial charge in [0.2, 0.25) is 17.2 Å². The molecule has 20 nitrogen and oxygen atoms in total. The Hall–Kier alpha value is -6.27. The predicted molar refractivity (Wildman–Crippen MR) is 261 cm³/mol. The molecule has 0 radical (unpaired) electrons. The first-order chi connectivity index (χ1) is 32.6. The molecule has 1 saturated heterocycles. The molecule has 374 valence electrons. The summed E-state index contributed by atoms with van der Waals surface area (Å²) in [5, 5.41) is 19.0. The summed E-state index contributed by atoms with van der Waals surface area (Å²) >= 11 is 17.9. The van der Waals surface area contributed by atoms with Crippen molar-refractivity contribution in [2.24, 2.45) is 14.1 Å². The number of hydrogen-bond donors (Lipinski definition) is 4. The third-order valence-electron chi connectivity index (χ3n) is 9.78. The van der Waals surface area contributed by atoms with Crippen LogP contribution in [0.25, 0.3) is 11.4 Å². The smallest absolute Gasteiger partial charge is 0.444 e. The van der Waals surface area contributed by atoms with Crippen LogP contribution >= 0.6 is 34.8 Å². The van der Waals surface area contributed by atoms with E-state index in [1.807, 2.05) is 34.7 Å². The lowest BCUT2D eigenvalue weighted by molar-refractivity contribution is 0.00578. The van der Waals surface area contributed by atoms with Crippen LogP contribution in [0.1, 0.15) is 80.4 Å². The lowest BCUT2D eigenvalue weighted by atomic mass is 9.78. The number of hydrogen-bond acceptors (Lipinski definition) is 16. The van der Waals surface area contributed by atoms with Gasteiger partial charge in [-0.2, -0.15) is 20.2 Å². The molecule has 6 aromatic rings. The molecule has 1 aliphatic rings. The highest BCUT2D eigenvalue weighted by molar-refractivity contribution is 6.62. The summed E-state index contributed by atoms with van der Waals surface area (Å²) in [7, 11) is 2.76. The van der Waals surface area contributed by atoms with Crippen LogP contribution in [-0.2, 0) is 46.0 Å². The quantitative estimate of drug-likeness (QED) is 0.0941. The number of ether oxygens (including phenoxy) is 2. The summed E-state index contributed by atoms with van der Waals surface area (Å²) in [6, 6.07) is 6.30. The van der Waals surface area contributed by atoms with Gasteiger partial charge in [0.25, 0.3) is 0 Å². The number of amides is 2. The topological polar surface area (TPSA) is 232 Å². The van der Waals surface area contributed by atoms with E-state index < -0.39 is 53.3 Å². The predicted octanol–water partition coefficient (Wildman–Crippen LogP) is 8.64. The third kappa shape index (κ3) is 15.6. The van der Waals surface area contributed by atoms with Crippen LogP contribution in [0, 0.1) is 11.6 Å². The zero-order valence-corrected chi connectivity index (χ0v) is 42.8. The highest BCUT2D eigenvalue weighted by Gasteiger charge is 2.52. The minimum absolute atomic E-state index is 0.00988. The summed E-state index contributed by atoms with van der Waals surface area (Å²) in [6.07, 6.45) is 8.21. The van der Waals surface area contributed by atoms with E-state index in [1.165, 1.54) is 18.7 Å². The van der Waals surface area contributed by atoms with Crippen molar-refractivity contribution in [1.29, 1.82) is 0 Å². The average molecular weight is 1030 g/mol. The van der Waals surface area contributed by atoms with E-state index in [-0.39, 0.29) is 51.2 Å². The van der Waals surface area contributed by atoms with Crippen LogP contribution in [0.2, 0.25) is 15.3 Å². The van der Waals surface area contributed by atoms with E-state index in [4.69, 9.17) is 53.6 Å². The molecular formula is C44H54BCl3F2N14O6. The van der Waals surface area contributed by atoms with Crippen molar-refractivity contribution < 1.29 is 37.2 Å². The minimum atomic E-state index is -0.842. The second kappa shape index (κ2) is 22.7. The lowest BCUT2D eigenvalue weighted by Gasteiger charge is -2.32. The van der Waals surface area contributed by atoms with E-state index >= 15 is 0 Å². The van der Waals surface area contributed by atoms with Gasteiger partial charge in [0, 0.05) is 45.0 Å². The van der Waals surface area contributed by atoms with Crippen LogP contribution in [0.4, 0.5) is 41.6 Å². The molecule has 0 saturated carbocycles. The van der Waals surface area contributed by atoms with Gasteiger partial charge in [-0.05, 0) is 98.0 Å². The Morgan fingerprint density at radius 1 is 0.686 bits per heavy atom. The molecule has 4 aromatic heterocycles. The zero-order valence-electron chi connectivity index (χ0n) is 40.6. The Bertz CT molecular complexity index is 2770. The molecule has 0 spiro atoms. The number of aryl methyl sites for hydroxylation is 2. The van der Waals surface area contributed by atoms with Gasteiger partial charge in [0.15, 0.2) is 11.6 Å². The van der Waals surface area contributed by atoms with Crippen molar-refractivity contribution in [3.8, 4) is 11.4 Å². The fourth-order valence-corrected chi connectivity index (χ4v) is 6.40. The molecule has 2 amide bonds. The maximum absolute atomic E-state index is 14.9. The molecule has 0 aliphatic carbocycles. The van der Waals surface area contributed by atoms with E-state index in [0.29, 0.717) is 22.8 Å². The average Bonchev–Trinajstić information content (AvgIpc) is 3.92. The van der Waals surface area contributed by atoms with Crippen molar-refractivity contribution in [3.05, 3.63) is 99.8 Å². The maximum atomic E-state index is 14.9. The van der Waals surface area contributed by atoms with Crippen LogP contribution in [0.3, 0.4) is 0 Å². The Balaban J connectivity index is 0.000000207. The third-order valence-corrected chi connectivity index (χ3v) is 10.8. The summed E-state index contributed by atoms with van der Waals surface area (Å²) in [5.74, 6) is -0.563. The molecule has 0 bridgehead atoms. The first kappa shape index (κ1) is 54.7. The van der Waals surface area contributed by atoms with Gasteiger partial charge in [-0.1, -0.05) is 41.4 Å². The molecule has 26 heteroatoms. The Kier molecular flexibility index (Phi) is 17.7. The number of rotatable bonds is 10. The molecule has 0 unspecified atom stereocenters. The first-order valence-electron chi connectivity index (χ1n) is 21.4. The largest absolute Gasteiger partial charge is 0.497 e. The number of nitrogens with zero attached hydrogens (tertiary/aromatic N) is 10. The van der Waals surface area contributed by atoms with Crippen LogP contribution in [-0.4, -0.2) is 91.2 Å². The highest BCUT2D eigenvalue weighted by Crippen LogP contribution is 2.37. The Labute approximate surface area is 419 Å². The van der Waals surface area contributed by atoms with E-state index in [0.717, 1.165) is 5.69 Å². The number of nitrogens with one attached hydrogen (secondary N) is 4. The summed E-state index contributed by atoms with van der Waals surface area (Å²) in [4.78, 5) is 47.3. The molecule has 5 heterocycles. The molecule has 7 rings (SSSR count). The molecule has 0 atom stereocenters. The number of benzene rings is 2. The number of alkyl carbamates (subject to hydrolysis) is 2. The first-order valence-corrected chi connectivity index (χ1v) is 22.5. The van der Waals surface area contributed by atoms with Crippen LogP contribution in [0.15, 0.2) is 61.7 Å². The van der Waals surface area contributed by atoms with Crippen molar-refractivity contribution >= 4 is 82.8 Å². The highest BCUT2D eigenvalue weighted by atomic mass is 35.5. The van der Waals surface area contributed by atoms with Gasteiger partial charge in [-0.3, -0.25) is 9.36 Å². The second-order valence-corrected chi connectivity index (χ2v) is 19.5. The minimum Gasteiger partial charge on any atom is -0.444 e. The van der Waals surface area contributed by atoms with Crippen molar-refractivity contribution in [2.75, 3.05) is 10.6 Å². The number of anilines is 4. The number of carbonyl (C=O) groups excluding carboxylic acids is 2. The summed E-state index contributed by atoms with van der Waals surface area (Å²) < 4.78 is 55.0. The number of aromatic nitrogens is 10. The molecule has 1 aliphatic heterocycles. The van der Waals surface area contributed by atoms with Gasteiger partial charge in [0.1, 0.15) is 29.7 Å². The van der Waals surface area contributed by atoms with Crippen molar-refractivity contribution in [2.45, 2.75) is 105 Å². The van der Waals surface area contributed by atoms with E-state index in [1.54, 1.807) is 101 Å². The van der Waals surface area contributed by atoms with Gasteiger partial charge < -0.3 is 40.0 Å². The van der Waals surface area contributed by atoms with E-state index in [9.17, 15) is 18.4 Å². The zero-order chi connectivity index (χ0) is 51.8. The van der Waals surface area contributed by atoms with Crippen molar-refractivity contribution in [3.63, 3.8) is 0 Å². The fourth-order valence-electron chi connectivity index (χ4n) is 5.81. The van der Waals surface area contributed by atoms with E-state index in [2.05, 4.69) is 61.4 Å². The molecule has 2 aromatic carbocycles. The number of halogens is 5. The molecule has 1 fully saturated rings. The standard InChI is InChI=1S/C19H21ClFN7O2.C18H26BClFNO4.C7H7ClN6/c1-19(2,3)30-18(29)22-7-11-5-6-13(15(21)14(11)20)16-23-10-24-17(27-16)26-12-8-25-28(4)9-12;1-16(2,3)24-15(23)22-10-11-8-9-12(14(21)13(11)20)19-25-17(4,5)18(6,7)26-19;1-14-3-5(2-11-14)12-7-10-4-9-6(8)13-7/h5-6,8-10H,7H2,1-4H3,(H,22,29)(H,23,24,26,27);8-9H,10H2,1-7H3,(H,22,23);2-4H,1H3,(H,9,10,12,13). The second-order valence-electron chi connectivity index (χ2n) is 18.4. The Morgan fingerprint density at radius 2 is 1.14 bits per heavy atom. The maximum Gasteiger partial charge on any atom is 0.497 e. The van der Waals surface area contributed by atoms with Gasteiger partial charge >= 0.3 is 19.3 Å². The molecule has 4 N–H and O–H groups in total. The lowest BCUT2D eigenvalue weighted by Crippen LogP contribution is -2.41.